The van der Waals surface area contributed by atoms with Crippen molar-refractivity contribution < 1.29 is 9.53 Å². The SMILES string of the molecule is COC(=O)c1ccc(-c2ccc(Cl)cc2Br)c(C)c1. The van der Waals surface area contributed by atoms with Gasteiger partial charge in [0.2, 0.25) is 0 Å². The molecule has 19 heavy (non-hydrogen) atoms. The first-order valence-electron chi connectivity index (χ1n) is 5.67. The first kappa shape index (κ1) is 14.1. The van der Waals surface area contributed by atoms with E-state index in [4.69, 9.17) is 16.3 Å². The van der Waals surface area contributed by atoms with E-state index < -0.39 is 0 Å². The Morgan fingerprint density at radius 3 is 2.42 bits per heavy atom. The van der Waals surface area contributed by atoms with Gasteiger partial charge < -0.3 is 4.74 Å². The van der Waals surface area contributed by atoms with Gasteiger partial charge in [-0.1, -0.05) is 39.7 Å². The largest absolute Gasteiger partial charge is 0.465 e. The van der Waals surface area contributed by atoms with Crippen LogP contribution >= 0.6 is 27.5 Å². The van der Waals surface area contributed by atoms with Gasteiger partial charge in [-0.25, -0.2) is 4.79 Å². The maximum absolute atomic E-state index is 11.5. The summed E-state index contributed by atoms with van der Waals surface area (Å²) in [6.07, 6.45) is 0. The summed E-state index contributed by atoms with van der Waals surface area (Å²) in [5, 5.41) is 0.680. The van der Waals surface area contributed by atoms with E-state index in [0.717, 1.165) is 21.2 Å². The number of hydrogen-bond donors (Lipinski definition) is 0. The molecule has 0 saturated carbocycles. The summed E-state index contributed by atoms with van der Waals surface area (Å²) in [5.74, 6) is -0.329. The van der Waals surface area contributed by atoms with Crippen LogP contribution < -0.4 is 0 Å². The highest BCUT2D eigenvalue weighted by Crippen LogP contribution is 2.33. The van der Waals surface area contributed by atoms with Crippen molar-refractivity contribution in [2.75, 3.05) is 7.11 Å². The Balaban J connectivity index is 2.49. The molecule has 4 heteroatoms. The first-order valence-corrected chi connectivity index (χ1v) is 6.84. The zero-order valence-electron chi connectivity index (χ0n) is 10.5. The molecule has 0 aliphatic rings. The molecule has 0 radical (unpaired) electrons. The van der Waals surface area contributed by atoms with Crippen LogP contribution in [0.2, 0.25) is 5.02 Å². The van der Waals surface area contributed by atoms with E-state index >= 15 is 0 Å². The average Bonchev–Trinajstić information content (AvgIpc) is 2.38. The maximum Gasteiger partial charge on any atom is 0.337 e. The van der Waals surface area contributed by atoms with Crippen molar-refractivity contribution in [3.8, 4) is 11.1 Å². The van der Waals surface area contributed by atoms with E-state index in [9.17, 15) is 4.79 Å². The van der Waals surface area contributed by atoms with Gasteiger partial charge in [0, 0.05) is 9.50 Å². The highest BCUT2D eigenvalue weighted by molar-refractivity contribution is 9.10. The number of esters is 1. The third-order valence-electron chi connectivity index (χ3n) is 2.87. The summed E-state index contributed by atoms with van der Waals surface area (Å²) in [4.78, 5) is 11.5. The molecular formula is C15H12BrClO2. The normalized spacial score (nSPS) is 10.3. The number of aryl methyl sites for hydroxylation is 1. The molecule has 0 N–H and O–H groups in total. The fourth-order valence-corrected chi connectivity index (χ4v) is 2.81. The second kappa shape index (κ2) is 5.76. The van der Waals surface area contributed by atoms with Crippen LogP contribution in [0.15, 0.2) is 40.9 Å². The first-order chi connectivity index (χ1) is 9.02. The fraction of sp³-hybridized carbons (Fsp3) is 0.133. The number of benzene rings is 2. The Bertz CT molecular complexity index is 638. The van der Waals surface area contributed by atoms with E-state index in [1.165, 1.54) is 7.11 Å². The minimum atomic E-state index is -0.329. The van der Waals surface area contributed by atoms with Crippen LogP contribution in [-0.4, -0.2) is 13.1 Å². The van der Waals surface area contributed by atoms with Gasteiger partial charge in [-0.2, -0.15) is 0 Å². The minimum absolute atomic E-state index is 0.329. The molecule has 0 unspecified atom stereocenters. The van der Waals surface area contributed by atoms with Gasteiger partial charge >= 0.3 is 5.97 Å². The predicted molar refractivity (Wildman–Crippen MR) is 80.7 cm³/mol. The van der Waals surface area contributed by atoms with Gasteiger partial charge in [-0.05, 0) is 47.9 Å². The lowest BCUT2D eigenvalue weighted by Gasteiger charge is -2.10. The van der Waals surface area contributed by atoms with Gasteiger partial charge in [-0.15, -0.1) is 0 Å². The molecule has 0 saturated heterocycles. The van der Waals surface area contributed by atoms with Gasteiger partial charge in [0.15, 0.2) is 0 Å². The Hall–Kier alpha value is -1.32. The van der Waals surface area contributed by atoms with E-state index in [2.05, 4.69) is 15.9 Å². The molecule has 0 aliphatic heterocycles. The highest BCUT2D eigenvalue weighted by Gasteiger charge is 2.10. The topological polar surface area (TPSA) is 26.3 Å². The molecule has 0 fully saturated rings. The second-order valence-corrected chi connectivity index (χ2v) is 5.44. The summed E-state index contributed by atoms with van der Waals surface area (Å²) >= 11 is 9.44. The van der Waals surface area contributed by atoms with Crippen LogP contribution in [0.25, 0.3) is 11.1 Å². The second-order valence-electron chi connectivity index (χ2n) is 4.15. The molecule has 2 aromatic rings. The lowest BCUT2D eigenvalue weighted by Crippen LogP contribution is -2.01. The number of carbonyl (C=O) groups excluding carboxylic acids is 1. The quantitative estimate of drug-likeness (QED) is 0.730. The molecule has 2 nitrogen and oxygen atoms in total. The number of halogens is 2. The molecular weight excluding hydrogens is 328 g/mol. The molecule has 0 aromatic heterocycles. The van der Waals surface area contributed by atoms with Crippen molar-refractivity contribution in [2.45, 2.75) is 6.92 Å². The Morgan fingerprint density at radius 2 is 1.84 bits per heavy atom. The van der Waals surface area contributed by atoms with Gasteiger partial charge in [0.1, 0.15) is 0 Å². The van der Waals surface area contributed by atoms with Crippen molar-refractivity contribution in [2.24, 2.45) is 0 Å². The zero-order chi connectivity index (χ0) is 14.0. The highest BCUT2D eigenvalue weighted by atomic mass is 79.9. The Morgan fingerprint density at radius 1 is 1.16 bits per heavy atom. The van der Waals surface area contributed by atoms with Crippen LogP contribution in [0, 0.1) is 6.92 Å². The zero-order valence-corrected chi connectivity index (χ0v) is 12.9. The molecule has 0 aliphatic carbocycles. The van der Waals surface area contributed by atoms with E-state index in [1.54, 1.807) is 6.07 Å². The number of methoxy groups -OCH3 is 1. The molecule has 0 atom stereocenters. The molecule has 2 rings (SSSR count). The molecule has 98 valence electrons. The molecule has 0 heterocycles. The number of carbonyl (C=O) groups is 1. The van der Waals surface area contributed by atoms with Crippen LogP contribution in [0.3, 0.4) is 0 Å². The third-order valence-corrected chi connectivity index (χ3v) is 3.76. The third kappa shape index (κ3) is 2.99. The molecule has 0 bridgehead atoms. The summed E-state index contributed by atoms with van der Waals surface area (Å²) in [5.41, 5.74) is 3.65. The van der Waals surface area contributed by atoms with Gasteiger partial charge in [0.25, 0.3) is 0 Å². The van der Waals surface area contributed by atoms with Crippen molar-refractivity contribution >= 4 is 33.5 Å². The van der Waals surface area contributed by atoms with Gasteiger partial charge in [-0.3, -0.25) is 0 Å². The summed E-state index contributed by atoms with van der Waals surface area (Å²) in [6, 6.07) is 11.1. The minimum Gasteiger partial charge on any atom is -0.465 e. The maximum atomic E-state index is 11.5. The fourth-order valence-electron chi connectivity index (χ4n) is 1.92. The van der Waals surface area contributed by atoms with Crippen LogP contribution in [-0.2, 0) is 4.74 Å². The van der Waals surface area contributed by atoms with Crippen molar-refractivity contribution in [3.63, 3.8) is 0 Å². The number of rotatable bonds is 2. The molecule has 0 amide bonds. The standard InChI is InChI=1S/C15H12BrClO2/c1-9-7-10(15(18)19-2)3-5-12(9)13-6-4-11(17)8-14(13)16/h3-8H,1-2H3. The van der Waals surface area contributed by atoms with E-state index in [0.29, 0.717) is 10.6 Å². The van der Waals surface area contributed by atoms with E-state index in [-0.39, 0.29) is 5.97 Å². The summed E-state index contributed by atoms with van der Waals surface area (Å²) in [7, 11) is 1.38. The summed E-state index contributed by atoms with van der Waals surface area (Å²) in [6.45, 7) is 1.96. The molecule has 2 aromatic carbocycles. The summed E-state index contributed by atoms with van der Waals surface area (Å²) < 4.78 is 5.64. The van der Waals surface area contributed by atoms with Crippen LogP contribution in [0.1, 0.15) is 15.9 Å². The predicted octanol–water partition coefficient (Wildman–Crippen LogP) is 4.86. The van der Waals surface area contributed by atoms with Crippen molar-refractivity contribution in [3.05, 3.63) is 57.0 Å². The number of ether oxygens (including phenoxy) is 1. The number of hydrogen-bond acceptors (Lipinski definition) is 2. The lowest BCUT2D eigenvalue weighted by atomic mass is 9.98. The van der Waals surface area contributed by atoms with Crippen molar-refractivity contribution in [1.82, 2.24) is 0 Å². The van der Waals surface area contributed by atoms with Gasteiger partial charge in [0.05, 0.1) is 12.7 Å². The van der Waals surface area contributed by atoms with Crippen LogP contribution in [0.4, 0.5) is 0 Å². The molecule has 0 spiro atoms. The lowest BCUT2D eigenvalue weighted by molar-refractivity contribution is 0.0600. The average molecular weight is 340 g/mol. The smallest absolute Gasteiger partial charge is 0.337 e. The van der Waals surface area contributed by atoms with Crippen molar-refractivity contribution in [1.29, 1.82) is 0 Å². The monoisotopic (exact) mass is 338 g/mol. The Labute approximate surface area is 125 Å². The Kier molecular flexibility index (Phi) is 4.27. The van der Waals surface area contributed by atoms with Crippen LogP contribution in [0.5, 0.6) is 0 Å². The van der Waals surface area contributed by atoms with E-state index in [1.807, 2.05) is 37.3 Å².